The highest BCUT2D eigenvalue weighted by molar-refractivity contribution is 4.33. The van der Waals surface area contributed by atoms with Crippen LogP contribution in [0.2, 0.25) is 0 Å². The first-order valence-corrected chi connectivity index (χ1v) is 3.77. The van der Waals surface area contributed by atoms with Gasteiger partial charge in [0.2, 0.25) is 0 Å². The van der Waals surface area contributed by atoms with Gasteiger partial charge in [-0.2, -0.15) is 0 Å². The molecule has 0 bridgehead atoms. The van der Waals surface area contributed by atoms with Crippen LogP contribution >= 0.6 is 0 Å². The molecule has 0 saturated heterocycles. The zero-order valence-corrected chi connectivity index (χ0v) is 6.64. The van der Waals surface area contributed by atoms with Crippen molar-refractivity contribution in [3.63, 3.8) is 0 Å². The lowest BCUT2D eigenvalue weighted by Gasteiger charge is -2.01. The molecule has 0 aliphatic carbocycles. The minimum atomic E-state index is 0.313. The van der Waals surface area contributed by atoms with Gasteiger partial charge in [-0.05, 0) is 12.8 Å². The second kappa shape index (κ2) is 8.88. The Hall–Kier alpha value is -0.120. The molecule has 0 atom stereocenters. The Balaban J connectivity index is 2.65. The van der Waals surface area contributed by atoms with Crippen molar-refractivity contribution < 1.29 is 9.47 Å². The Morgan fingerprint density at radius 3 is 2.40 bits per heavy atom. The van der Waals surface area contributed by atoms with E-state index in [-0.39, 0.29) is 0 Å². The van der Waals surface area contributed by atoms with Gasteiger partial charge >= 0.3 is 0 Å². The third-order valence-corrected chi connectivity index (χ3v) is 1.04. The first-order valence-electron chi connectivity index (χ1n) is 3.77. The molecule has 0 aromatic heterocycles. The van der Waals surface area contributed by atoms with E-state index in [1.165, 1.54) is 0 Å². The van der Waals surface area contributed by atoms with E-state index >= 15 is 0 Å². The predicted molar refractivity (Wildman–Crippen MR) is 40.7 cm³/mol. The SMILES string of the molecule is CCCOCCCOCN. The largest absolute Gasteiger partial charge is 0.381 e. The fraction of sp³-hybridized carbons (Fsp3) is 1.00. The van der Waals surface area contributed by atoms with Gasteiger partial charge in [-0.1, -0.05) is 6.92 Å². The Morgan fingerprint density at radius 1 is 1.10 bits per heavy atom. The number of rotatable bonds is 7. The van der Waals surface area contributed by atoms with Crippen LogP contribution in [0.3, 0.4) is 0 Å². The van der Waals surface area contributed by atoms with Crippen molar-refractivity contribution in [1.82, 2.24) is 0 Å². The molecular weight excluding hydrogens is 130 g/mol. The van der Waals surface area contributed by atoms with E-state index < -0.39 is 0 Å². The summed E-state index contributed by atoms with van der Waals surface area (Å²) in [4.78, 5) is 0. The minimum absolute atomic E-state index is 0.313. The normalized spacial score (nSPS) is 10.2. The van der Waals surface area contributed by atoms with Crippen molar-refractivity contribution in [3.8, 4) is 0 Å². The maximum Gasteiger partial charge on any atom is 0.0940 e. The molecule has 0 amide bonds. The lowest BCUT2D eigenvalue weighted by molar-refractivity contribution is 0.0857. The number of hydrogen-bond acceptors (Lipinski definition) is 3. The third-order valence-electron chi connectivity index (χ3n) is 1.04. The molecular formula is C7H17NO2. The maximum absolute atomic E-state index is 5.21. The summed E-state index contributed by atoms with van der Waals surface area (Å²) in [5.41, 5.74) is 5.11. The predicted octanol–water partition coefficient (Wildman–Crippen LogP) is 0.736. The maximum atomic E-state index is 5.21. The molecule has 0 fully saturated rings. The first kappa shape index (κ1) is 9.88. The molecule has 0 aromatic carbocycles. The van der Waals surface area contributed by atoms with E-state index in [1.54, 1.807) is 0 Å². The summed E-state index contributed by atoms with van der Waals surface area (Å²) in [6.45, 7) is 4.75. The topological polar surface area (TPSA) is 44.5 Å². The zero-order valence-electron chi connectivity index (χ0n) is 6.64. The van der Waals surface area contributed by atoms with Gasteiger partial charge in [0.1, 0.15) is 0 Å². The Kier molecular flexibility index (Phi) is 8.77. The lowest BCUT2D eigenvalue weighted by Crippen LogP contribution is -2.07. The fourth-order valence-corrected chi connectivity index (χ4v) is 0.593. The fourth-order valence-electron chi connectivity index (χ4n) is 0.593. The minimum Gasteiger partial charge on any atom is -0.381 e. The smallest absolute Gasteiger partial charge is 0.0940 e. The van der Waals surface area contributed by atoms with Crippen LogP contribution in [0.15, 0.2) is 0 Å². The van der Waals surface area contributed by atoms with Crippen LogP contribution in [0.1, 0.15) is 19.8 Å². The van der Waals surface area contributed by atoms with Gasteiger partial charge in [0, 0.05) is 13.2 Å². The van der Waals surface area contributed by atoms with Crippen molar-refractivity contribution >= 4 is 0 Å². The molecule has 3 nitrogen and oxygen atoms in total. The van der Waals surface area contributed by atoms with Crippen LogP contribution in [0.5, 0.6) is 0 Å². The van der Waals surface area contributed by atoms with Crippen molar-refractivity contribution in [2.75, 3.05) is 26.6 Å². The number of nitrogens with two attached hydrogens (primary N) is 1. The van der Waals surface area contributed by atoms with Gasteiger partial charge in [0.05, 0.1) is 13.3 Å². The summed E-state index contributed by atoms with van der Waals surface area (Å²) in [5.74, 6) is 0. The summed E-state index contributed by atoms with van der Waals surface area (Å²) in [6.07, 6.45) is 2.02. The average Bonchev–Trinajstić information content (AvgIpc) is 1.97. The molecule has 0 radical (unpaired) electrons. The van der Waals surface area contributed by atoms with Gasteiger partial charge in [-0.25, -0.2) is 0 Å². The molecule has 3 heteroatoms. The van der Waals surface area contributed by atoms with E-state index in [2.05, 4.69) is 6.92 Å². The summed E-state index contributed by atoms with van der Waals surface area (Å²) < 4.78 is 10.1. The highest BCUT2D eigenvalue weighted by Crippen LogP contribution is 1.85. The molecule has 62 valence electrons. The zero-order chi connectivity index (χ0) is 7.66. The van der Waals surface area contributed by atoms with E-state index in [1.807, 2.05) is 0 Å². The molecule has 0 aliphatic rings. The highest BCUT2D eigenvalue weighted by Gasteiger charge is 1.86. The summed E-state index contributed by atoms with van der Waals surface area (Å²) in [7, 11) is 0. The molecule has 0 aromatic rings. The van der Waals surface area contributed by atoms with Crippen LogP contribution in [0, 0.1) is 0 Å². The van der Waals surface area contributed by atoms with Gasteiger partial charge < -0.3 is 15.2 Å². The van der Waals surface area contributed by atoms with Crippen LogP contribution in [0.4, 0.5) is 0 Å². The van der Waals surface area contributed by atoms with Crippen molar-refractivity contribution in [3.05, 3.63) is 0 Å². The van der Waals surface area contributed by atoms with Gasteiger partial charge in [0.15, 0.2) is 0 Å². The monoisotopic (exact) mass is 147 g/mol. The van der Waals surface area contributed by atoms with Gasteiger partial charge in [-0.15, -0.1) is 0 Å². The molecule has 0 spiro atoms. The van der Waals surface area contributed by atoms with E-state index in [0.717, 1.165) is 26.1 Å². The summed E-state index contributed by atoms with van der Waals surface area (Å²) in [5, 5.41) is 0. The highest BCUT2D eigenvalue weighted by atomic mass is 16.5. The Bertz CT molecular complexity index is 51.6. The van der Waals surface area contributed by atoms with Crippen LogP contribution in [0.25, 0.3) is 0 Å². The number of hydrogen-bond donors (Lipinski definition) is 1. The van der Waals surface area contributed by atoms with Gasteiger partial charge in [-0.3, -0.25) is 0 Å². The van der Waals surface area contributed by atoms with E-state index in [9.17, 15) is 0 Å². The van der Waals surface area contributed by atoms with Crippen molar-refractivity contribution in [1.29, 1.82) is 0 Å². The number of ether oxygens (including phenoxy) is 2. The van der Waals surface area contributed by atoms with E-state index in [0.29, 0.717) is 13.3 Å². The molecule has 0 unspecified atom stereocenters. The van der Waals surface area contributed by atoms with Crippen molar-refractivity contribution in [2.24, 2.45) is 5.73 Å². The van der Waals surface area contributed by atoms with Crippen molar-refractivity contribution in [2.45, 2.75) is 19.8 Å². The van der Waals surface area contributed by atoms with E-state index in [4.69, 9.17) is 15.2 Å². The molecule has 0 saturated carbocycles. The Morgan fingerprint density at radius 2 is 1.80 bits per heavy atom. The second-order valence-electron chi connectivity index (χ2n) is 2.04. The third kappa shape index (κ3) is 7.88. The molecule has 0 heterocycles. The van der Waals surface area contributed by atoms with Crippen LogP contribution < -0.4 is 5.73 Å². The first-order chi connectivity index (χ1) is 4.91. The standard InChI is InChI=1S/C7H17NO2/c1-2-4-9-5-3-6-10-7-8/h2-8H2,1H3. The van der Waals surface area contributed by atoms with Crippen LogP contribution in [-0.2, 0) is 9.47 Å². The summed E-state index contributed by atoms with van der Waals surface area (Å²) in [6, 6.07) is 0. The van der Waals surface area contributed by atoms with Gasteiger partial charge in [0.25, 0.3) is 0 Å². The Labute approximate surface area is 62.5 Å². The quantitative estimate of drug-likeness (QED) is 0.426. The summed E-state index contributed by atoms with van der Waals surface area (Å²) >= 11 is 0. The lowest BCUT2D eigenvalue weighted by atomic mass is 10.5. The van der Waals surface area contributed by atoms with Crippen LogP contribution in [-0.4, -0.2) is 26.6 Å². The molecule has 0 aliphatic heterocycles. The second-order valence-corrected chi connectivity index (χ2v) is 2.04. The molecule has 2 N–H and O–H groups in total. The molecule has 0 rings (SSSR count). The molecule has 10 heavy (non-hydrogen) atoms. The average molecular weight is 147 g/mol.